The van der Waals surface area contributed by atoms with E-state index in [2.05, 4.69) is 43.0 Å². The zero-order valence-electron chi connectivity index (χ0n) is 14.8. The zero-order valence-corrected chi connectivity index (χ0v) is 15.6. The lowest BCUT2D eigenvalue weighted by molar-refractivity contribution is -0.120. The van der Waals surface area contributed by atoms with Crippen molar-refractivity contribution >= 4 is 28.8 Å². The number of rotatable bonds is 7. The molecule has 0 aliphatic carbocycles. The number of hydrogen-bond acceptors (Lipinski definition) is 4. The van der Waals surface area contributed by atoms with E-state index >= 15 is 0 Å². The van der Waals surface area contributed by atoms with Crippen LogP contribution in [0, 0.1) is 6.92 Å². The Morgan fingerprint density at radius 1 is 1.28 bits per heavy atom. The van der Waals surface area contributed by atoms with Crippen molar-refractivity contribution in [2.45, 2.75) is 39.7 Å². The molecule has 0 unspecified atom stereocenters. The Morgan fingerprint density at radius 2 is 1.96 bits per heavy atom. The summed E-state index contributed by atoms with van der Waals surface area (Å²) in [5.41, 5.74) is 2.66. The van der Waals surface area contributed by atoms with Crippen molar-refractivity contribution in [2.75, 3.05) is 5.32 Å². The Balaban J connectivity index is 1.86. The molecule has 0 aliphatic heterocycles. The zero-order chi connectivity index (χ0) is 18.4. The van der Waals surface area contributed by atoms with Crippen molar-refractivity contribution in [2.24, 2.45) is 0 Å². The van der Waals surface area contributed by atoms with Gasteiger partial charge in [-0.05, 0) is 36.6 Å². The number of carbonyl (C=O) groups excluding carboxylic acids is 2. The van der Waals surface area contributed by atoms with E-state index in [1.54, 1.807) is 23.5 Å². The minimum absolute atomic E-state index is 0.0539. The van der Waals surface area contributed by atoms with Crippen molar-refractivity contribution < 1.29 is 9.59 Å². The molecular weight excluding hydrogens is 334 g/mol. The van der Waals surface area contributed by atoms with Crippen molar-refractivity contribution in [1.82, 2.24) is 10.3 Å². The van der Waals surface area contributed by atoms with Gasteiger partial charge in [0.1, 0.15) is 5.01 Å². The third-order valence-electron chi connectivity index (χ3n) is 3.63. The highest BCUT2D eigenvalue weighted by molar-refractivity contribution is 7.11. The Kier molecular flexibility index (Phi) is 6.47. The van der Waals surface area contributed by atoms with E-state index in [9.17, 15) is 9.59 Å². The topological polar surface area (TPSA) is 71.1 Å². The van der Waals surface area contributed by atoms with Crippen LogP contribution in [0.1, 0.15) is 40.9 Å². The van der Waals surface area contributed by atoms with E-state index in [4.69, 9.17) is 0 Å². The molecule has 1 aromatic heterocycles. The Labute approximate surface area is 152 Å². The summed E-state index contributed by atoms with van der Waals surface area (Å²) in [5.74, 6) is 0.0765. The van der Waals surface area contributed by atoms with Gasteiger partial charge in [0.05, 0.1) is 18.7 Å². The van der Waals surface area contributed by atoms with E-state index in [1.807, 2.05) is 12.1 Å². The molecule has 0 saturated carbocycles. The molecule has 2 rings (SSSR count). The molecule has 6 heteroatoms. The maximum Gasteiger partial charge on any atom is 0.247 e. The van der Waals surface area contributed by atoms with Gasteiger partial charge in [0.2, 0.25) is 11.8 Å². The first-order valence-electron chi connectivity index (χ1n) is 8.14. The molecular formula is C19H23N3O2S. The highest BCUT2D eigenvalue weighted by Gasteiger charge is 2.11. The van der Waals surface area contributed by atoms with Crippen LogP contribution in [0.15, 0.2) is 36.9 Å². The predicted octanol–water partition coefficient (Wildman–Crippen LogP) is 3.56. The summed E-state index contributed by atoms with van der Waals surface area (Å²) in [5, 5.41) is 6.51. The lowest BCUT2D eigenvalue weighted by Gasteiger charge is -2.06. The summed E-state index contributed by atoms with van der Waals surface area (Å²) in [4.78, 5) is 29.1. The molecule has 0 fully saturated rings. The van der Waals surface area contributed by atoms with Crippen LogP contribution in [0.25, 0.3) is 0 Å². The van der Waals surface area contributed by atoms with Crippen molar-refractivity contribution in [1.29, 1.82) is 0 Å². The summed E-state index contributed by atoms with van der Waals surface area (Å²) in [6.07, 6.45) is 1.50. The fourth-order valence-corrected chi connectivity index (χ4v) is 3.43. The van der Waals surface area contributed by atoms with Crippen LogP contribution in [-0.2, 0) is 22.6 Å². The van der Waals surface area contributed by atoms with Gasteiger partial charge < -0.3 is 10.6 Å². The van der Waals surface area contributed by atoms with E-state index in [-0.39, 0.29) is 18.2 Å². The first-order valence-corrected chi connectivity index (χ1v) is 8.96. The summed E-state index contributed by atoms with van der Waals surface area (Å²) >= 11 is 1.63. The Bertz CT molecular complexity index is 763. The van der Waals surface area contributed by atoms with Crippen LogP contribution in [0.5, 0.6) is 0 Å². The Hall–Kier alpha value is -2.47. The fraction of sp³-hybridized carbons (Fsp3) is 0.316. The first kappa shape index (κ1) is 18.9. The fourth-order valence-electron chi connectivity index (χ4n) is 2.40. The summed E-state index contributed by atoms with van der Waals surface area (Å²) < 4.78 is 0. The van der Waals surface area contributed by atoms with Crippen molar-refractivity contribution in [3.8, 4) is 0 Å². The second kappa shape index (κ2) is 8.58. The summed E-state index contributed by atoms with van der Waals surface area (Å²) in [6.45, 7) is 10.1. The second-order valence-electron chi connectivity index (χ2n) is 6.05. The van der Waals surface area contributed by atoms with Gasteiger partial charge in [-0.2, -0.15) is 0 Å². The predicted molar refractivity (Wildman–Crippen MR) is 102 cm³/mol. The molecule has 0 atom stereocenters. The van der Waals surface area contributed by atoms with E-state index in [1.165, 1.54) is 11.0 Å². The average Bonchev–Trinajstić information content (AvgIpc) is 2.96. The Morgan fingerprint density at radius 3 is 2.52 bits per heavy atom. The number of nitrogens with zero attached hydrogens (tertiary/aromatic N) is 1. The number of amides is 2. The van der Waals surface area contributed by atoms with Crippen LogP contribution in [0.4, 0.5) is 5.69 Å². The average molecular weight is 357 g/mol. The van der Waals surface area contributed by atoms with E-state index in [0.717, 1.165) is 16.3 Å². The van der Waals surface area contributed by atoms with Crippen LogP contribution in [-0.4, -0.2) is 16.8 Å². The third kappa shape index (κ3) is 5.53. The molecule has 1 heterocycles. The molecule has 132 valence electrons. The molecule has 5 nitrogen and oxygen atoms in total. The van der Waals surface area contributed by atoms with E-state index in [0.29, 0.717) is 18.2 Å². The number of carbonyl (C=O) groups is 2. The molecule has 1 aromatic carbocycles. The number of aryl methyl sites for hydroxylation is 1. The number of nitrogens with one attached hydrogen (secondary N) is 2. The lowest BCUT2D eigenvalue weighted by atomic mass is 10.1. The summed E-state index contributed by atoms with van der Waals surface area (Å²) in [7, 11) is 0. The number of hydrogen-bond donors (Lipinski definition) is 2. The van der Waals surface area contributed by atoms with Gasteiger partial charge in [-0.3, -0.25) is 9.59 Å². The molecule has 0 saturated heterocycles. The highest BCUT2D eigenvalue weighted by atomic mass is 32.1. The number of anilines is 1. The third-order valence-corrected chi connectivity index (χ3v) is 4.62. The van der Waals surface area contributed by atoms with Crippen LogP contribution >= 0.6 is 11.3 Å². The smallest absolute Gasteiger partial charge is 0.247 e. The maximum atomic E-state index is 12.1. The van der Waals surface area contributed by atoms with Gasteiger partial charge in [0, 0.05) is 10.6 Å². The van der Waals surface area contributed by atoms with Gasteiger partial charge in [-0.15, -0.1) is 11.3 Å². The molecule has 2 amide bonds. The van der Waals surface area contributed by atoms with Crippen LogP contribution in [0.2, 0.25) is 0 Å². The molecule has 0 spiro atoms. The number of aromatic nitrogens is 1. The normalized spacial score (nSPS) is 10.6. The highest BCUT2D eigenvalue weighted by Crippen LogP contribution is 2.23. The standard InChI is InChI=1S/C19H23N3O2S/c1-5-16(23)21-15-8-6-14(7-9-15)10-17(24)20-11-18-22-19(12(2)3)13(4)25-18/h5-9,12H,1,10-11H2,2-4H3,(H,20,24)(H,21,23). The minimum Gasteiger partial charge on any atom is -0.349 e. The van der Waals surface area contributed by atoms with E-state index < -0.39 is 0 Å². The largest absolute Gasteiger partial charge is 0.349 e. The van der Waals surface area contributed by atoms with Gasteiger partial charge in [0.15, 0.2) is 0 Å². The molecule has 0 radical (unpaired) electrons. The molecule has 25 heavy (non-hydrogen) atoms. The maximum absolute atomic E-state index is 12.1. The van der Waals surface area contributed by atoms with Gasteiger partial charge in [0.25, 0.3) is 0 Å². The lowest BCUT2D eigenvalue weighted by Crippen LogP contribution is -2.24. The summed E-state index contributed by atoms with van der Waals surface area (Å²) in [6, 6.07) is 7.18. The SMILES string of the molecule is C=CC(=O)Nc1ccc(CC(=O)NCc2nc(C(C)C)c(C)s2)cc1. The first-order chi connectivity index (χ1) is 11.9. The van der Waals surface area contributed by atoms with Crippen LogP contribution in [0.3, 0.4) is 0 Å². The van der Waals surface area contributed by atoms with Gasteiger partial charge in [-0.25, -0.2) is 4.98 Å². The molecule has 2 N–H and O–H groups in total. The number of benzene rings is 1. The van der Waals surface area contributed by atoms with Crippen molar-refractivity contribution in [3.05, 3.63) is 58.1 Å². The van der Waals surface area contributed by atoms with Crippen LogP contribution < -0.4 is 10.6 Å². The molecule has 0 bridgehead atoms. The van der Waals surface area contributed by atoms with Crippen molar-refractivity contribution in [3.63, 3.8) is 0 Å². The monoisotopic (exact) mass is 357 g/mol. The minimum atomic E-state index is -0.259. The molecule has 2 aromatic rings. The second-order valence-corrected chi connectivity index (χ2v) is 7.34. The quantitative estimate of drug-likeness (QED) is 0.744. The van der Waals surface area contributed by atoms with Gasteiger partial charge >= 0.3 is 0 Å². The van der Waals surface area contributed by atoms with Gasteiger partial charge in [-0.1, -0.05) is 32.6 Å². The number of thiazole rings is 1. The molecule has 0 aliphatic rings.